The third-order valence-electron chi connectivity index (χ3n) is 9.17. The monoisotopic (exact) mass is 577 g/mol. The summed E-state index contributed by atoms with van der Waals surface area (Å²) in [7, 11) is -4.35. The zero-order chi connectivity index (χ0) is 29.0. The van der Waals surface area contributed by atoms with E-state index >= 15 is 0 Å². The quantitative estimate of drug-likeness (QED) is 0.427. The van der Waals surface area contributed by atoms with Crippen LogP contribution in [0.15, 0.2) is 65.7 Å². The summed E-state index contributed by atoms with van der Waals surface area (Å²) in [6.07, 6.45) is 4.63. The Morgan fingerprint density at radius 3 is 2.44 bits per heavy atom. The number of nitrogens with one attached hydrogen (secondary N) is 2. The minimum Gasteiger partial charge on any atom is -0.346 e. The number of carbonyl (C=O) groups excluding carboxylic acids is 2. The van der Waals surface area contributed by atoms with Crippen LogP contribution in [-0.4, -0.2) is 44.3 Å². The molecule has 1 saturated heterocycles. The number of rotatable bonds is 6. The number of halogens is 1. The van der Waals surface area contributed by atoms with Crippen LogP contribution in [-0.2, 0) is 26.8 Å². The van der Waals surface area contributed by atoms with Crippen molar-refractivity contribution in [2.75, 3.05) is 13.1 Å². The number of aryl methyl sites for hydroxylation is 1. The Morgan fingerprint density at radius 2 is 1.80 bits per heavy atom. The van der Waals surface area contributed by atoms with Gasteiger partial charge in [0.25, 0.3) is 5.91 Å². The second-order valence-electron chi connectivity index (χ2n) is 11.5. The fourth-order valence-electron chi connectivity index (χ4n) is 7.18. The number of aromatic nitrogens is 1. The first-order chi connectivity index (χ1) is 19.6. The molecule has 1 spiro atoms. The van der Waals surface area contributed by atoms with Crippen molar-refractivity contribution >= 4 is 27.5 Å². The molecule has 3 heterocycles. The van der Waals surface area contributed by atoms with E-state index in [9.17, 15) is 22.4 Å². The standard InChI is InChI=1S/C31H33FN4O4S/c1-20-4-3-15-34-27(20)19-35-30(38)23-7-12-28-26(18-23)31(13-16-33-17-14-31)29(22-5-6-22)36(28,21(2)37)41(39,40)25-10-8-24(32)9-11-25/h3-4,7-12,15,18,22,29,33H,5-6,13-14,16-17,19H2,1-2H3/p+1. The van der Waals surface area contributed by atoms with Gasteiger partial charge < -0.3 is 10.6 Å². The Morgan fingerprint density at radius 1 is 1.10 bits per heavy atom. The van der Waals surface area contributed by atoms with Gasteiger partial charge in [-0.2, -0.15) is 8.42 Å². The van der Waals surface area contributed by atoms with E-state index in [1.54, 1.807) is 24.4 Å². The highest BCUT2D eigenvalue weighted by Crippen LogP contribution is 2.62. The predicted octanol–water partition coefficient (Wildman–Crippen LogP) is 4.12. The van der Waals surface area contributed by atoms with Crippen molar-refractivity contribution in [1.82, 2.24) is 19.5 Å². The van der Waals surface area contributed by atoms with Gasteiger partial charge in [0.15, 0.2) is 5.69 Å². The topological polar surface area (TPSA) is 105 Å². The lowest BCUT2D eigenvalue weighted by Crippen LogP contribution is -2.67. The number of fused-ring (bicyclic) bond motifs is 2. The maximum Gasteiger partial charge on any atom is 0.339 e. The average molecular weight is 578 g/mol. The molecule has 2 N–H and O–H groups in total. The minimum atomic E-state index is -4.35. The summed E-state index contributed by atoms with van der Waals surface area (Å²) in [5.41, 5.74) is 2.68. The van der Waals surface area contributed by atoms with Crippen LogP contribution in [0.3, 0.4) is 0 Å². The smallest absolute Gasteiger partial charge is 0.339 e. The van der Waals surface area contributed by atoms with Gasteiger partial charge in [0.2, 0.25) is 0 Å². The molecule has 2 aliphatic heterocycles. The molecule has 214 valence electrons. The summed E-state index contributed by atoms with van der Waals surface area (Å²) in [6, 6.07) is 13.0. The van der Waals surface area contributed by atoms with Gasteiger partial charge in [-0.25, -0.2) is 9.18 Å². The van der Waals surface area contributed by atoms with Crippen molar-refractivity contribution in [2.45, 2.75) is 62.4 Å². The maximum atomic E-state index is 14.7. The van der Waals surface area contributed by atoms with Crippen LogP contribution in [0.25, 0.3) is 0 Å². The number of benzene rings is 2. The van der Waals surface area contributed by atoms with Crippen LogP contribution in [0.4, 0.5) is 10.1 Å². The summed E-state index contributed by atoms with van der Waals surface area (Å²) in [5.74, 6) is -1.31. The summed E-state index contributed by atoms with van der Waals surface area (Å²) < 4.78 is 42.4. The summed E-state index contributed by atoms with van der Waals surface area (Å²) in [6.45, 7) is 4.88. The average Bonchev–Trinajstić information content (AvgIpc) is 3.77. The molecule has 0 bridgehead atoms. The van der Waals surface area contributed by atoms with Gasteiger partial charge >= 0.3 is 15.9 Å². The van der Waals surface area contributed by atoms with Gasteiger partial charge in [0.1, 0.15) is 16.8 Å². The summed E-state index contributed by atoms with van der Waals surface area (Å²) in [4.78, 5) is 31.6. The molecule has 41 heavy (non-hydrogen) atoms. The first-order valence-corrected chi connectivity index (χ1v) is 15.5. The van der Waals surface area contributed by atoms with E-state index in [4.69, 9.17) is 0 Å². The number of sulfonamides is 1. The van der Waals surface area contributed by atoms with Crippen molar-refractivity contribution < 1.29 is 22.4 Å². The molecule has 8 nitrogen and oxygen atoms in total. The number of carbonyl (C=O) groups is 2. The van der Waals surface area contributed by atoms with Crippen molar-refractivity contribution in [3.05, 3.63) is 89.0 Å². The van der Waals surface area contributed by atoms with Crippen LogP contribution in [0.1, 0.15) is 59.8 Å². The number of piperidine rings is 1. The molecule has 10 heteroatoms. The molecule has 1 aliphatic carbocycles. The first-order valence-electron chi connectivity index (χ1n) is 14.1. The van der Waals surface area contributed by atoms with E-state index in [0.717, 1.165) is 41.8 Å². The van der Waals surface area contributed by atoms with E-state index in [-0.39, 0.29) is 23.3 Å². The van der Waals surface area contributed by atoms with Gasteiger partial charge in [0, 0.05) is 29.3 Å². The van der Waals surface area contributed by atoms with Crippen molar-refractivity contribution in [3.63, 3.8) is 0 Å². The number of hydrogen-bond donors (Lipinski definition) is 2. The summed E-state index contributed by atoms with van der Waals surface area (Å²) >= 11 is 0. The van der Waals surface area contributed by atoms with Crippen LogP contribution < -0.4 is 14.5 Å². The SMILES string of the molecule is CC(=O)[N+]1(S(=O)(=O)c2ccc(F)cc2)c2ccc(C(=O)NCc3ncccc3C)cc2C2(CCNCC2)C1C1CC1. The number of hydrogen-bond acceptors (Lipinski definition) is 6. The molecule has 6 rings (SSSR count). The Labute approximate surface area is 239 Å². The van der Waals surface area contributed by atoms with Gasteiger partial charge in [-0.3, -0.25) is 9.78 Å². The van der Waals surface area contributed by atoms with Gasteiger partial charge in [0.05, 0.1) is 24.6 Å². The summed E-state index contributed by atoms with van der Waals surface area (Å²) in [5, 5.41) is 6.34. The molecule has 3 aliphatic rings. The fraction of sp³-hybridized carbons (Fsp3) is 0.387. The molecule has 2 amide bonds. The Hall–Kier alpha value is -3.47. The zero-order valence-corrected chi connectivity index (χ0v) is 24.0. The Bertz CT molecular complexity index is 1630. The molecular formula is C31H34FN4O4S+. The van der Waals surface area contributed by atoms with Crippen LogP contribution in [0.2, 0.25) is 0 Å². The van der Waals surface area contributed by atoms with Gasteiger partial charge in [-0.05, 0) is 93.7 Å². The molecule has 1 aromatic heterocycles. The molecule has 2 aromatic carbocycles. The number of nitrogens with zero attached hydrogens (tertiary/aromatic N) is 2. The van der Waals surface area contributed by atoms with E-state index in [0.29, 0.717) is 37.2 Å². The second kappa shape index (κ2) is 10.1. The number of pyridine rings is 1. The van der Waals surface area contributed by atoms with E-state index in [1.807, 2.05) is 19.1 Å². The normalized spacial score (nSPS) is 23.2. The maximum absolute atomic E-state index is 14.7. The first kappa shape index (κ1) is 27.7. The Kier molecular flexibility index (Phi) is 6.83. The number of amides is 2. The lowest BCUT2D eigenvalue weighted by Gasteiger charge is -2.43. The highest BCUT2D eigenvalue weighted by molar-refractivity contribution is 7.91. The Balaban J connectivity index is 1.51. The lowest BCUT2D eigenvalue weighted by atomic mass is 9.68. The second-order valence-corrected chi connectivity index (χ2v) is 13.5. The molecular weight excluding hydrogens is 543 g/mol. The van der Waals surface area contributed by atoms with Gasteiger partial charge in [-0.15, -0.1) is 3.89 Å². The van der Waals surface area contributed by atoms with E-state index in [2.05, 4.69) is 15.6 Å². The minimum absolute atomic E-state index is 0.0315. The van der Waals surface area contributed by atoms with Crippen molar-refractivity contribution in [2.24, 2.45) is 5.92 Å². The number of quaternary nitrogens is 1. The van der Waals surface area contributed by atoms with Gasteiger partial charge in [-0.1, -0.05) is 6.07 Å². The van der Waals surface area contributed by atoms with Crippen molar-refractivity contribution in [1.29, 1.82) is 0 Å². The third-order valence-corrected chi connectivity index (χ3v) is 11.5. The van der Waals surface area contributed by atoms with Crippen molar-refractivity contribution in [3.8, 4) is 0 Å². The molecule has 2 unspecified atom stereocenters. The zero-order valence-electron chi connectivity index (χ0n) is 23.2. The molecule has 1 saturated carbocycles. The largest absolute Gasteiger partial charge is 0.346 e. The highest BCUT2D eigenvalue weighted by atomic mass is 32.2. The molecule has 0 radical (unpaired) electrons. The highest BCUT2D eigenvalue weighted by Gasteiger charge is 2.73. The van der Waals surface area contributed by atoms with E-state index < -0.39 is 37.1 Å². The third kappa shape index (κ3) is 4.23. The molecule has 3 aromatic rings. The van der Waals surface area contributed by atoms with Crippen LogP contribution in [0, 0.1) is 18.7 Å². The molecule has 2 atom stereocenters. The van der Waals surface area contributed by atoms with E-state index in [1.165, 1.54) is 19.1 Å². The fourth-order valence-corrected chi connectivity index (χ4v) is 9.42. The van der Waals surface area contributed by atoms with Crippen LogP contribution in [0.5, 0.6) is 0 Å². The molecule has 2 fully saturated rings. The predicted molar refractivity (Wildman–Crippen MR) is 153 cm³/mol. The van der Waals surface area contributed by atoms with Crippen LogP contribution >= 0.6 is 0 Å². The lowest BCUT2D eigenvalue weighted by molar-refractivity contribution is -0.126.